The van der Waals surface area contributed by atoms with E-state index in [1.807, 2.05) is 50.2 Å². The van der Waals surface area contributed by atoms with Gasteiger partial charge >= 0.3 is 0 Å². The summed E-state index contributed by atoms with van der Waals surface area (Å²) in [4.78, 5) is 12.8. The Morgan fingerprint density at radius 2 is 1.69 bits per heavy atom. The molecule has 1 aliphatic rings. The summed E-state index contributed by atoms with van der Waals surface area (Å²) in [6.07, 6.45) is 3.21. The molecule has 2 unspecified atom stereocenters. The second kappa shape index (κ2) is 8.61. The summed E-state index contributed by atoms with van der Waals surface area (Å²) in [5, 5.41) is 0. The molecule has 0 amide bonds. The van der Waals surface area contributed by atoms with Crippen LogP contribution in [0.3, 0.4) is 0 Å². The molecule has 1 fully saturated rings. The van der Waals surface area contributed by atoms with Crippen LogP contribution in [0.5, 0.6) is 0 Å². The lowest BCUT2D eigenvalue weighted by atomic mass is 9.79. The third-order valence-corrected chi connectivity index (χ3v) is 4.99. The Morgan fingerprint density at radius 1 is 1.04 bits per heavy atom. The van der Waals surface area contributed by atoms with Crippen LogP contribution in [0.15, 0.2) is 60.7 Å². The quantitative estimate of drug-likeness (QED) is 0.654. The second-order valence-electron chi connectivity index (χ2n) is 7.65. The molecule has 0 saturated carbocycles. The van der Waals surface area contributed by atoms with Crippen molar-refractivity contribution in [1.29, 1.82) is 0 Å². The molecule has 1 aliphatic heterocycles. The van der Waals surface area contributed by atoms with E-state index in [0.717, 1.165) is 24.8 Å². The smallest absolute Gasteiger partial charge is 0.168 e. The number of carbonyl (C=O) groups excluding carboxylic acids is 1. The fourth-order valence-corrected chi connectivity index (χ4v) is 3.53. The molecule has 0 bridgehead atoms. The molecule has 2 aromatic rings. The molecule has 0 radical (unpaired) electrons. The van der Waals surface area contributed by atoms with Gasteiger partial charge in [-0.3, -0.25) is 4.79 Å². The fourth-order valence-electron chi connectivity index (χ4n) is 3.53. The minimum Gasteiger partial charge on any atom is -0.353 e. The Morgan fingerprint density at radius 3 is 2.38 bits per heavy atom. The molecule has 0 aromatic heterocycles. The minimum atomic E-state index is -0.451. The van der Waals surface area contributed by atoms with Crippen molar-refractivity contribution in [2.45, 2.75) is 51.9 Å². The van der Waals surface area contributed by atoms with Crippen LogP contribution >= 0.6 is 0 Å². The van der Waals surface area contributed by atoms with Gasteiger partial charge in [0.2, 0.25) is 0 Å². The molecule has 1 heterocycles. The summed E-state index contributed by atoms with van der Waals surface area (Å²) in [6.45, 7) is 4.72. The van der Waals surface area contributed by atoms with Crippen molar-refractivity contribution < 1.29 is 14.3 Å². The van der Waals surface area contributed by atoms with Crippen molar-refractivity contribution >= 4 is 5.78 Å². The highest BCUT2D eigenvalue weighted by Gasteiger charge is 2.34. The average molecular weight is 352 g/mol. The van der Waals surface area contributed by atoms with E-state index in [1.165, 1.54) is 5.56 Å². The molecule has 2 aromatic carbocycles. The van der Waals surface area contributed by atoms with Crippen molar-refractivity contribution in [1.82, 2.24) is 0 Å². The Bertz CT molecular complexity index is 694. The number of carbonyl (C=O) groups is 1. The number of ketones is 1. The molecular weight excluding hydrogens is 324 g/mol. The number of Topliss-reactive ketones (excluding diaryl/α,β-unsaturated/α-hetero) is 1. The number of hydrogen-bond acceptors (Lipinski definition) is 3. The molecule has 1 saturated heterocycles. The number of aryl methyl sites for hydroxylation is 1. The van der Waals surface area contributed by atoms with Gasteiger partial charge < -0.3 is 9.47 Å². The Balaban J connectivity index is 1.54. The monoisotopic (exact) mass is 352 g/mol. The van der Waals surface area contributed by atoms with E-state index >= 15 is 0 Å². The highest BCUT2D eigenvalue weighted by atomic mass is 16.7. The Kier molecular flexibility index (Phi) is 6.23. The number of ether oxygens (including phenoxy) is 2. The largest absolute Gasteiger partial charge is 0.353 e. The predicted octanol–water partition coefficient (Wildman–Crippen LogP) is 5.05. The molecule has 0 aliphatic carbocycles. The zero-order valence-corrected chi connectivity index (χ0v) is 15.7. The maximum Gasteiger partial charge on any atom is 0.168 e. The summed E-state index contributed by atoms with van der Waals surface area (Å²) >= 11 is 0. The number of benzene rings is 2. The summed E-state index contributed by atoms with van der Waals surface area (Å²) in [6, 6.07) is 19.9. The first-order chi connectivity index (χ1) is 12.5. The van der Waals surface area contributed by atoms with Gasteiger partial charge in [0.25, 0.3) is 0 Å². The van der Waals surface area contributed by atoms with Gasteiger partial charge in [0.1, 0.15) is 0 Å². The second-order valence-corrected chi connectivity index (χ2v) is 7.65. The SMILES string of the molecule is CC(C)(CC1CCOC(CCc2ccccc2)O1)C(=O)c1ccccc1. The average Bonchev–Trinajstić information content (AvgIpc) is 2.67. The summed E-state index contributed by atoms with van der Waals surface area (Å²) < 4.78 is 11.9. The van der Waals surface area contributed by atoms with Gasteiger partial charge in [-0.2, -0.15) is 0 Å². The maximum atomic E-state index is 12.8. The van der Waals surface area contributed by atoms with Crippen molar-refractivity contribution in [2.75, 3.05) is 6.61 Å². The molecule has 3 nitrogen and oxygen atoms in total. The first-order valence-corrected chi connectivity index (χ1v) is 9.45. The maximum absolute atomic E-state index is 12.8. The van der Waals surface area contributed by atoms with Crippen molar-refractivity contribution in [3.8, 4) is 0 Å². The standard InChI is InChI=1S/C23H28O3/c1-23(2,22(24)19-11-7-4-8-12-19)17-20-15-16-25-21(26-20)14-13-18-9-5-3-6-10-18/h3-12,20-21H,13-17H2,1-2H3. The lowest BCUT2D eigenvalue weighted by Gasteiger charge is -2.35. The number of hydrogen-bond donors (Lipinski definition) is 0. The van der Waals surface area contributed by atoms with Crippen LogP contribution in [0, 0.1) is 5.41 Å². The van der Waals surface area contributed by atoms with Crippen molar-refractivity contribution in [3.63, 3.8) is 0 Å². The summed E-state index contributed by atoms with van der Waals surface area (Å²) in [7, 11) is 0. The molecule has 0 spiro atoms. The van der Waals surface area contributed by atoms with E-state index < -0.39 is 5.41 Å². The van der Waals surface area contributed by atoms with Gasteiger partial charge in [-0.05, 0) is 24.8 Å². The van der Waals surface area contributed by atoms with E-state index in [1.54, 1.807) is 0 Å². The first-order valence-electron chi connectivity index (χ1n) is 9.45. The summed E-state index contributed by atoms with van der Waals surface area (Å²) in [5.41, 5.74) is 1.61. The van der Waals surface area contributed by atoms with Gasteiger partial charge in [-0.1, -0.05) is 74.5 Å². The fraction of sp³-hybridized carbons (Fsp3) is 0.435. The molecule has 0 N–H and O–H groups in total. The van der Waals surface area contributed by atoms with E-state index in [4.69, 9.17) is 9.47 Å². The zero-order chi connectivity index (χ0) is 18.4. The third kappa shape index (κ3) is 5.03. The molecule has 2 atom stereocenters. The Hall–Kier alpha value is -1.97. The topological polar surface area (TPSA) is 35.5 Å². The van der Waals surface area contributed by atoms with Gasteiger partial charge in [0, 0.05) is 17.4 Å². The van der Waals surface area contributed by atoms with Gasteiger partial charge in [-0.15, -0.1) is 0 Å². The van der Waals surface area contributed by atoms with Gasteiger partial charge in [-0.25, -0.2) is 0 Å². The molecule has 3 heteroatoms. The van der Waals surface area contributed by atoms with Crippen LogP contribution in [0.2, 0.25) is 0 Å². The minimum absolute atomic E-state index is 0.0622. The third-order valence-electron chi connectivity index (χ3n) is 4.99. The highest BCUT2D eigenvalue weighted by Crippen LogP contribution is 2.32. The van der Waals surface area contributed by atoms with Crippen LogP contribution in [0.4, 0.5) is 0 Å². The van der Waals surface area contributed by atoms with Crippen LogP contribution in [0.25, 0.3) is 0 Å². The van der Waals surface area contributed by atoms with Gasteiger partial charge in [0.05, 0.1) is 12.7 Å². The van der Waals surface area contributed by atoms with Crippen molar-refractivity contribution in [2.24, 2.45) is 5.41 Å². The lowest BCUT2D eigenvalue weighted by Crippen LogP contribution is -2.37. The van der Waals surface area contributed by atoms with E-state index in [9.17, 15) is 4.79 Å². The zero-order valence-electron chi connectivity index (χ0n) is 15.7. The first kappa shape index (κ1) is 18.8. The van der Waals surface area contributed by atoms with Gasteiger partial charge in [0.15, 0.2) is 12.1 Å². The predicted molar refractivity (Wildman–Crippen MR) is 103 cm³/mol. The van der Waals surface area contributed by atoms with E-state index in [-0.39, 0.29) is 18.2 Å². The van der Waals surface area contributed by atoms with Crippen LogP contribution < -0.4 is 0 Å². The molecule has 3 rings (SSSR count). The van der Waals surface area contributed by atoms with E-state index in [2.05, 4.69) is 24.3 Å². The highest BCUT2D eigenvalue weighted by molar-refractivity contribution is 6.00. The number of rotatable bonds is 7. The van der Waals surface area contributed by atoms with Crippen LogP contribution in [0.1, 0.15) is 49.0 Å². The van der Waals surface area contributed by atoms with E-state index in [0.29, 0.717) is 13.0 Å². The van der Waals surface area contributed by atoms with Crippen molar-refractivity contribution in [3.05, 3.63) is 71.8 Å². The normalized spacial score (nSPS) is 20.7. The molecule has 26 heavy (non-hydrogen) atoms. The van der Waals surface area contributed by atoms with Crippen LogP contribution in [-0.4, -0.2) is 24.8 Å². The summed E-state index contributed by atoms with van der Waals surface area (Å²) in [5.74, 6) is 0.175. The lowest BCUT2D eigenvalue weighted by molar-refractivity contribution is -0.218. The molecular formula is C23H28O3. The van der Waals surface area contributed by atoms with Crippen LogP contribution in [-0.2, 0) is 15.9 Å². The molecule has 138 valence electrons. The Labute approximate surface area is 156 Å².